The van der Waals surface area contributed by atoms with E-state index in [0.29, 0.717) is 0 Å². The van der Waals surface area contributed by atoms with Crippen LogP contribution in [0.3, 0.4) is 0 Å². The molecule has 0 amide bonds. The fourth-order valence-corrected chi connectivity index (χ4v) is 1.52. The fraction of sp³-hybridized carbons (Fsp3) is 0.250. The summed E-state index contributed by atoms with van der Waals surface area (Å²) >= 11 is 0. The topological polar surface area (TPSA) is 89.9 Å². The van der Waals surface area contributed by atoms with Gasteiger partial charge in [-0.2, -0.15) is 0 Å². The van der Waals surface area contributed by atoms with E-state index in [1.165, 1.54) is 21.1 Å². The SMILES string of the molecule is COC1=C(OC)C(=O)C(/C=C/C(=O)O)=C(C)C1=O. The Morgan fingerprint density at radius 1 is 1.11 bits per heavy atom. The number of Topliss-reactive ketones (excluding diaryl/α,β-unsaturated/α-hetero) is 2. The average molecular weight is 252 g/mol. The van der Waals surface area contributed by atoms with Gasteiger partial charge < -0.3 is 14.6 Å². The van der Waals surface area contributed by atoms with Crippen molar-refractivity contribution in [1.29, 1.82) is 0 Å². The molecule has 0 radical (unpaired) electrons. The third-order valence-corrected chi connectivity index (χ3v) is 2.41. The van der Waals surface area contributed by atoms with E-state index in [-0.39, 0.29) is 22.7 Å². The molecule has 0 bridgehead atoms. The molecule has 0 fully saturated rings. The monoisotopic (exact) mass is 252 g/mol. The molecule has 0 saturated heterocycles. The Labute approximate surface area is 103 Å². The Hall–Kier alpha value is -2.37. The number of allylic oxidation sites excluding steroid dienone is 3. The van der Waals surface area contributed by atoms with Crippen LogP contribution < -0.4 is 0 Å². The van der Waals surface area contributed by atoms with Crippen LogP contribution in [0.2, 0.25) is 0 Å². The van der Waals surface area contributed by atoms with E-state index in [9.17, 15) is 14.4 Å². The van der Waals surface area contributed by atoms with E-state index in [4.69, 9.17) is 14.6 Å². The minimum absolute atomic E-state index is 0.0138. The molecule has 0 aromatic rings. The number of carbonyl (C=O) groups is 3. The van der Waals surface area contributed by atoms with Gasteiger partial charge in [0.2, 0.25) is 23.1 Å². The van der Waals surface area contributed by atoms with Crippen LogP contribution in [0.5, 0.6) is 0 Å². The van der Waals surface area contributed by atoms with Crippen LogP contribution in [0.4, 0.5) is 0 Å². The Kier molecular flexibility index (Phi) is 4.04. The molecular weight excluding hydrogens is 240 g/mol. The van der Waals surface area contributed by atoms with Crippen molar-refractivity contribution >= 4 is 17.5 Å². The van der Waals surface area contributed by atoms with Crippen LogP contribution in [0.25, 0.3) is 0 Å². The minimum atomic E-state index is -1.21. The van der Waals surface area contributed by atoms with Crippen molar-refractivity contribution in [2.24, 2.45) is 0 Å². The van der Waals surface area contributed by atoms with Crippen LogP contribution in [0.1, 0.15) is 6.92 Å². The van der Waals surface area contributed by atoms with E-state index in [1.807, 2.05) is 0 Å². The van der Waals surface area contributed by atoms with Crippen molar-refractivity contribution in [2.75, 3.05) is 14.2 Å². The zero-order valence-electron chi connectivity index (χ0n) is 10.1. The van der Waals surface area contributed by atoms with Crippen molar-refractivity contribution in [3.05, 3.63) is 34.8 Å². The molecule has 0 spiro atoms. The average Bonchev–Trinajstić information content (AvgIpc) is 2.32. The summed E-state index contributed by atoms with van der Waals surface area (Å²) in [6.45, 7) is 1.42. The van der Waals surface area contributed by atoms with Gasteiger partial charge in [0.1, 0.15) is 0 Å². The number of ketones is 2. The molecule has 1 rings (SSSR count). The molecule has 1 N–H and O–H groups in total. The van der Waals surface area contributed by atoms with Gasteiger partial charge >= 0.3 is 5.97 Å². The Balaban J connectivity index is 3.31. The quantitative estimate of drug-likeness (QED) is 0.582. The van der Waals surface area contributed by atoms with E-state index in [1.54, 1.807) is 0 Å². The molecule has 1 aliphatic rings. The van der Waals surface area contributed by atoms with Gasteiger partial charge in [0, 0.05) is 17.2 Å². The van der Waals surface area contributed by atoms with Crippen LogP contribution in [0, 0.1) is 0 Å². The van der Waals surface area contributed by atoms with E-state index >= 15 is 0 Å². The Morgan fingerprint density at radius 2 is 1.61 bits per heavy atom. The molecule has 0 atom stereocenters. The predicted octanol–water partition coefficient (Wildman–Crippen LogP) is 0.600. The Morgan fingerprint density at radius 3 is 2.06 bits per heavy atom. The number of aliphatic carboxylic acids is 1. The third-order valence-electron chi connectivity index (χ3n) is 2.41. The van der Waals surface area contributed by atoms with Gasteiger partial charge in [0.25, 0.3) is 0 Å². The van der Waals surface area contributed by atoms with Crippen LogP contribution in [-0.4, -0.2) is 36.9 Å². The minimum Gasteiger partial charge on any atom is -0.489 e. The summed E-state index contributed by atoms with van der Waals surface area (Å²) in [5, 5.41) is 8.53. The maximum atomic E-state index is 12.0. The molecule has 18 heavy (non-hydrogen) atoms. The van der Waals surface area contributed by atoms with Gasteiger partial charge in [-0.3, -0.25) is 9.59 Å². The number of carboxylic acid groups (broad SMARTS) is 1. The van der Waals surface area contributed by atoms with Crippen molar-refractivity contribution in [1.82, 2.24) is 0 Å². The summed E-state index contributed by atoms with van der Waals surface area (Å²) in [5.41, 5.74) is 0.107. The highest BCUT2D eigenvalue weighted by molar-refractivity contribution is 6.24. The first-order valence-electron chi connectivity index (χ1n) is 4.97. The van der Waals surface area contributed by atoms with Gasteiger partial charge in [-0.05, 0) is 13.0 Å². The first kappa shape index (κ1) is 13.7. The summed E-state index contributed by atoms with van der Waals surface area (Å²) < 4.78 is 9.66. The second-order valence-electron chi connectivity index (χ2n) is 3.43. The molecule has 6 nitrogen and oxygen atoms in total. The zero-order chi connectivity index (χ0) is 13.9. The summed E-state index contributed by atoms with van der Waals surface area (Å²) in [6.07, 6.45) is 1.86. The second kappa shape index (κ2) is 5.31. The number of methoxy groups -OCH3 is 2. The number of hydrogen-bond donors (Lipinski definition) is 1. The van der Waals surface area contributed by atoms with Crippen molar-refractivity contribution in [2.45, 2.75) is 6.92 Å². The maximum absolute atomic E-state index is 12.0. The highest BCUT2D eigenvalue weighted by Crippen LogP contribution is 2.26. The molecule has 1 aliphatic carbocycles. The van der Waals surface area contributed by atoms with Gasteiger partial charge in [-0.25, -0.2) is 4.79 Å². The molecule has 0 heterocycles. The lowest BCUT2D eigenvalue weighted by Crippen LogP contribution is -2.24. The van der Waals surface area contributed by atoms with Crippen molar-refractivity contribution in [3.63, 3.8) is 0 Å². The first-order chi connectivity index (χ1) is 8.43. The molecule has 0 aromatic carbocycles. The molecule has 0 aliphatic heterocycles. The molecular formula is C12H12O6. The summed E-state index contributed by atoms with van der Waals surface area (Å²) in [5.74, 6) is -2.69. The van der Waals surface area contributed by atoms with Crippen LogP contribution >= 0.6 is 0 Å². The van der Waals surface area contributed by atoms with Crippen molar-refractivity contribution < 1.29 is 29.0 Å². The van der Waals surface area contributed by atoms with E-state index < -0.39 is 17.5 Å². The first-order valence-corrected chi connectivity index (χ1v) is 4.97. The molecule has 0 saturated carbocycles. The largest absolute Gasteiger partial charge is 0.489 e. The smallest absolute Gasteiger partial charge is 0.328 e. The Bertz CT molecular complexity index is 507. The number of ether oxygens (including phenoxy) is 2. The second-order valence-corrected chi connectivity index (χ2v) is 3.43. The van der Waals surface area contributed by atoms with Crippen molar-refractivity contribution in [3.8, 4) is 0 Å². The van der Waals surface area contributed by atoms with Gasteiger partial charge in [0.15, 0.2) is 0 Å². The number of rotatable bonds is 4. The molecule has 96 valence electrons. The fourth-order valence-electron chi connectivity index (χ4n) is 1.52. The van der Waals surface area contributed by atoms with E-state index in [2.05, 4.69) is 0 Å². The lowest BCUT2D eigenvalue weighted by Gasteiger charge is -2.18. The molecule has 0 unspecified atom stereocenters. The number of hydrogen-bond acceptors (Lipinski definition) is 5. The highest BCUT2D eigenvalue weighted by atomic mass is 16.5. The standard InChI is InChI=1S/C12H12O6/c1-6-7(4-5-8(13)14)10(16)12(18-3)11(17-2)9(6)15/h4-5H,1-3H3,(H,13,14)/b5-4+. The van der Waals surface area contributed by atoms with Crippen LogP contribution in [-0.2, 0) is 23.9 Å². The van der Waals surface area contributed by atoms with Gasteiger partial charge in [-0.15, -0.1) is 0 Å². The normalized spacial score (nSPS) is 16.6. The zero-order valence-corrected chi connectivity index (χ0v) is 10.1. The lowest BCUT2D eigenvalue weighted by atomic mass is 9.93. The van der Waals surface area contributed by atoms with Crippen LogP contribution in [0.15, 0.2) is 34.8 Å². The predicted molar refractivity (Wildman–Crippen MR) is 60.5 cm³/mol. The maximum Gasteiger partial charge on any atom is 0.328 e. The van der Waals surface area contributed by atoms with E-state index in [0.717, 1.165) is 12.2 Å². The third kappa shape index (κ3) is 2.32. The van der Waals surface area contributed by atoms with Gasteiger partial charge in [0.05, 0.1) is 14.2 Å². The lowest BCUT2D eigenvalue weighted by molar-refractivity contribution is -0.131. The number of carboxylic acids is 1. The highest BCUT2D eigenvalue weighted by Gasteiger charge is 2.33. The molecule has 0 aromatic heterocycles. The summed E-state index contributed by atoms with van der Waals surface area (Å²) in [7, 11) is 2.49. The summed E-state index contributed by atoms with van der Waals surface area (Å²) in [6, 6.07) is 0. The number of carbonyl (C=O) groups excluding carboxylic acids is 2. The molecule has 6 heteroatoms. The van der Waals surface area contributed by atoms with Gasteiger partial charge in [-0.1, -0.05) is 0 Å². The summed E-state index contributed by atoms with van der Waals surface area (Å²) in [4.78, 5) is 34.3.